The Morgan fingerprint density at radius 2 is 2.18 bits per heavy atom. The van der Waals surface area contributed by atoms with Gasteiger partial charge in [0.1, 0.15) is 5.69 Å². The van der Waals surface area contributed by atoms with E-state index in [-0.39, 0.29) is 11.9 Å². The Kier molecular flexibility index (Phi) is 5.72. The molecule has 0 aromatic carbocycles. The average Bonchev–Trinajstić information content (AvgIpc) is 2.29. The Morgan fingerprint density at radius 3 is 2.65 bits per heavy atom. The minimum absolute atomic E-state index is 0.0817. The highest BCUT2D eigenvalue weighted by atomic mass is 35.5. The smallest absolute Gasteiger partial charge is 0.272 e. The van der Waals surface area contributed by atoms with Gasteiger partial charge in [-0.1, -0.05) is 11.6 Å². The number of nitrogens with zero attached hydrogens (tertiary/aromatic N) is 2. The molecule has 1 aromatic rings. The molecule has 0 fully saturated rings. The molecule has 0 saturated carbocycles. The number of hydrogen-bond acceptors (Lipinski definition) is 2. The summed E-state index contributed by atoms with van der Waals surface area (Å²) in [4.78, 5) is 18.0. The number of halogens is 2. The third-order valence-corrected chi connectivity index (χ3v) is 2.85. The van der Waals surface area contributed by atoms with Gasteiger partial charge in [0, 0.05) is 24.7 Å². The minimum atomic E-state index is -0.0817. The number of amides is 1. The van der Waals surface area contributed by atoms with Crippen molar-refractivity contribution in [1.82, 2.24) is 9.88 Å². The molecule has 1 amide bonds. The van der Waals surface area contributed by atoms with Crippen LogP contribution in [0, 0.1) is 0 Å². The largest absolute Gasteiger partial charge is 0.335 e. The van der Waals surface area contributed by atoms with Crippen LogP contribution in [0.5, 0.6) is 0 Å². The molecule has 0 saturated heterocycles. The van der Waals surface area contributed by atoms with Crippen LogP contribution in [0.25, 0.3) is 0 Å². The molecule has 0 radical (unpaired) electrons. The van der Waals surface area contributed by atoms with Crippen LogP contribution in [0.1, 0.15) is 30.8 Å². The maximum atomic E-state index is 12.2. The summed E-state index contributed by atoms with van der Waals surface area (Å²) in [5.41, 5.74) is 0.415. The standard InChI is InChI=1S/C12H16Cl2N2O/c1-9(2)16(7-3-6-13)12(17)11-5-4-10(14)8-15-11/h4-5,8-9H,3,6-7H2,1-2H3. The van der Waals surface area contributed by atoms with Crippen molar-refractivity contribution in [3.05, 3.63) is 29.0 Å². The average molecular weight is 275 g/mol. The summed E-state index contributed by atoms with van der Waals surface area (Å²) in [5.74, 6) is 0.464. The molecule has 17 heavy (non-hydrogen) atoms. The summed E-state index contributed by atoms with van der Waals surface area (Å²) in [5, 5.41) is 0.526. The van der Waals surface area contributed by atoms with Gasteiger partial charge in [-0.05, 0) is 32.4 Å². The summed E-state index contributed by atoms with van der Waals surface area (Å²) in [7, 11) is 0. The SMILES string of the molecule is CC(C)N(CCCCl)C(=O)c1ccc(Cl)cn1. The zero-order valence-corrected chi connectivity index (χ0v) is 11.5. The van der Waals surface area contributed by atoms with Gasteiger partial charge in [-0.2, -0.15) is 0 Å². The second-order valence-electron chi connectivity index (χ2n) is 4.00. The van der Waals surface area contributed by atoms with Crippen molar-refractivity contribution in [1.29, 1.82) is 0 Å². The Hall–Kier alpha value is -0.800. The summed E-state index contributed by atoms with van der Waals surface area (Å²) in [6.45, 7) is 4.59. The minimum Gasteiger partial charge on any atom is -0.335 e. The van der Waals surface area contributed by atoms with Gasteiger partial charge in [-0.3, -0.25) is 4.79 Å². The van der Waals surface area contributed by atoms with Crippen LogP contribution in [0.3, 0.4) is 0 Å². The van der Waals surface area contributed by atoms with E-state index in [0.717, 1.165) is 6.42 Å². The Morgan fingerprint density at radius 1 is 1.47 bits per heavy atom. The van der Waals surface area contributed by atoms with Crippen LogP contribution in [0.2, 0.25) is 5.02 Å². The lowest BCUT2D eigenvalue weighted by atomic mass is 10.2. The van der Waals surface area contributed by atoms with Gasteiger partial charge < -0.3 is 4.90 Å². The van der Waals surface area contributed by atoms with Crippen molar-refractivity contribution < 1.29 is 4.79 Å². The van der Waals surface area contributed by atoms with E-state index < -0.39 is 0 Å². The van der Waals surface area contributed by atoms with Gasteiger partial charge >= 0.3 is 0 Å². The fourth-order valence-electron chi connectivity index (χ4n) is 1.47. The molecule has 0 bridgehead atoms. The second-order valence-corrected chi connectivity index (χ2v) is 4.81. The van der Waals surface area contributed by atoms with Crippen molar-refractivity contribution in [2.45, 2.75) is 26.3 Å². The van der Waals surface area contributed by atoms with Crippen molar-refractivity contribution in [2.75, 3.05) is 12.4 Å². The van der Waals surface area contributed by atoms with E-state index in [4.69, 9.17) is 23.2 Å². The number of pyridine rings is 1. The maximum absolute atomic E-state index is 12.2. The predicted molar refractivity (Wildman–Crippen MR) is 70.8 cm³/mol. The summed E-state index contributed by atoms with van der Waals surface area (Å²) >= 11 is 11.4. The van der Waals surface area contributed by atoms with Crippen LogP contribution in [0.15, 0.2) is 18.3 Å². The number of alkyl halides is 1. The first-order chi connectivity index (χ1) is 8.06. The Bertz CT molecular complexity index is 365. The summed E-state index contributed by atoms with van der Waals surface area (Å²) < 4.78 is 0. The van der Waals surface area contributed by atoms with Gasteiger partial charge in [0.25, 0.3) is 5.91 Å². The molecule has 1 rings (SSSR count). The van der Waals surface area contributed by atoms with Crippen LogP contribution in [0.4, 0.5) is 0 Å². The van der Waals surface area contributed by atoms with Crippen molar-refractivity contribution in [3.8, 4) is 0 Å². The monoisotopic (exact) mass is 274 g/mol. The van der Waals surface area contributed by atoms with Crippen LogP contribution >= 0.6 is 23.2 Å². The highest BCUT2D eigenvalue weighted by molar-refractivity contribution is 6.30. The van der Waals surface area contributed by atoms with Gasteiger partial charge in [0.05, 0.1) is 5.02 Å². The van der Waals surface area contributed by atoms with E-state index >= 15 is 0 Å². The second kappa shape index (κ2) is 6.82. The lowest BCUT2D eigenvalue weighted by Crippen LogP contribution is -2.38. The lowest BCUT2D eigenvalue weighted by molar-refractivity contribution is 0.0700. The third-order valence-electron chi connectivity index (χ3n) is 2.36. The van der Waals surface area contributed by atoms with Gasteiger partial charge in [-0.25, -0.2) is 4.98 Å². The number of hydrogen-bond donors (Lipinski definition) is 0. The molecule has 0 aliphatic rings. The normalized spacial score (nSPS) is 10.6. The molecule has 0 unspecified atom stereocenters. The Balaban J connectivity index is 2.80. The van der Waals surface area contributed by atoms with E-state index in [1.165, 1.54) is 6.20 Å². The molecule has 0 N–H and O–H groups in total. The van der Waals surface area contributed by atoms with Crippen molar-refractivity contribution in [3.63, 3.8) is 0 Å². The zero-order valence-electron chi connectivity index (χ0n) is 9.99. The van der Waals surface area contributed by atoms with Crippen molar-refractivity contribution >= 4 is 29.1 Å². The maximum Gasteiger partial charge on any atom is 0.272 e. The van der Waals surface area contributed by atoms with Crippen LogP contribution in [-0.2, 0) is 0 Å². The number of carbonyl (C=O) groups is 1. The molecule has 3 nitrogen and oxygen atoms in total. The van der Waals surface area contributed by atoms with E-state index in [0.29, 0.717) is 23.1 Å². The molecule has 1 heterocycles. The highest BCUT2D eigenvalue weighted by Crippen LogP contribution is 2.11. The van der Waals surface area contributed by atoms with E-state index in [9.17, 15) is 4.79 Å². The molecular formula is C12H16Cl2N2O. The van der Waals surface area contributed by atoms with Gasteiger partial charge in [0.15, 0.2) is 0 Å². The summed E-state index contributed by atoms with van der Waals surface area (Å²) in [6, 6.07) is 3.44. The third kappa shape index (κ3) is 4.17. The lowest BCUT2D eigenvalue weighted by Gasteiger charge is -2.26. The molecule has 1 aromatic heterocycles. The number of rotatable bonds is 5. The predicted octanol–water partition coefficient (Wildman–Crippen LogP) is 3.21. The molecule has 0 atom stereocenters. The number of carbonyl (C=O) groups excluding carboxylic acids is 1. The quantitative estimate of drug-likeness (QED) is 0.773. The van der Waals surface area contributed by atoms with Gasteiger partial charge in [-0.15, -0.1) is 11.6 Å². The summed E-state index contributed by atoms with van der Waals surface area (Å²) in [6.07, 6.45) is 2.26. The highest BCUT2D eigenvalue weighted by Gasteiger charge is 2.19. The van der Waals surface area contributed by atoms with E-state index in [1.807, 2.05) is 13.8 Å². The molecule has 0 aliphatic carbocycles. The molecule has 5 heteroatoms. The van der Waals surface area contributed by atoms with Gasteiger partial charge in [0.2, 0.25) is 0 Å². The first-order valence-electron chi connectivity index (χ1n) is 5.54. The molecule has 0 spiro atoms. The zero-order chi connectivity index (χ0) is 12.8. The van der Waals surface area contributed by atoms with Crippen LogP contribution < -0.4 is 0 Å². The number of aromatic nitrogens is 1. The first-order valence-corrected chi connectivity index (χ1v) is 6.46. The van der Waals surface area contributed by atoms with Crippen molar-refractivity contribution in [2.24, 2.45) is 0 Å². The Labute approximate surface area is 112 Å². The molecule has 0 aliphatic heterocycles. The first kappa shape index (κ1) is 14.3. The van der Waals surface area contributed by atoms with E-state index in [2.05, 4.69) is 4.98 Å². The van der Waals surface area contributed by atoms with Crippen LogP contribution in [-0.4, -0.2) is 34.3 Å². The topological polar surface area (TPSA) is 33.2 Å². The molecular weight excluding hydrogens is 259 g/mol. The molecule has 94 valence electrons. The van der Waals surface area contributed by atoms with E-state index in [1.54, 1.807) is 17.0 Å². The fraction of sp³-hybridized carbons (Fsp3) is 0.500. The fourth-order valence-corrected chi connectivity index (χ4v) is 1.71.